The van der Waals surface area contributed by atoms with Crippen LogP contribution in [0, 0.1) is 0 Å². The van der Waals surface area contributed by atoms with Crippen LogP contribution in [-0.2, 0) is 20.9 Å². The number of halogens is 1. The Hall–Kier alpha value is -2.98. The van der Waals surface area contributed by atoms with E-state index in [0.29, 0.717) is 10.6 Å². The lowest BCUT2D eigenvalue weighted by Gasteiger charge is -2.32. The molecule has 1 aromatic heterocycles. The second-order valence-corrected chi connectivity index (χ2v) is 6.01. The number of nitrogens with one attached hydrogen (secondary N) is 3. The first-order chi connectivity index (χ1) is 13.0. The average Bonchev–Trinajstić information content (AvgIpc) is 3.15. The average molecular weight is 394 g/mol. The fourth-order valence-corrected chi connectivity index (χ4v) is 2.80. The van der Waals surface area contributed by atoms with Crippen LogP contribution in [0.3, 0.4) is 0 Å². The van der Waals surface area contributed by atoms with Gasteiger partial charge >= 0.3 is 0 Å². The quantitative estimate of drug-likeness (QED) is 0.648. The van der Waals surface area contributed by atoms with Gasteiger partial charge in [-0.2, -0.15) is 4.98 Å². The van der Waals surface area contributed by atoms with E-state index in [4.69, 9.17) is 20.9 Å². The summed E-state index contributed by atoms with van der Waals surface area (Å²) in [6.07, 6.45) is -0.996. The topological polar surface area (TPSA) is 135 Å². The number of benzene rings is 1. The molecule has 0 spiro atoms. The van der Waals surface area contributed by atoms with Crippen LogP contribution >= 0.6 is 11.6 Å². The van der Waals surface area contributed by atoms with Gasteiger partial charge in [-0.3, -0.25) is 14.4 Å². The van der Waals surface area contributed by atoms with Gasteiger partial charge in [0, 0.05) is 12.1 Å². The lowest BCUT2D eigenvalue weighted by atomic mass is 9.99. The Bertz CT molecular complexity index is 870. The van der Waals surface area contributed by atoms with Gasteiger partial charge in [0.2, 0.25) is 11.8 Å². The molecule has 1 saturated heterocycles. The van der Waals surface area contributed by atoms with E-state index >= 15 is 0 Å². The zero-order valence-electron chi connectivity index (χ0n) is 14.2. The minimum Gasteiger partial charge on any atom is -0.356 e. The molecule has 10 nitrogen and oxygen atoms in total. The molecule has 0 aliphatic carbocycles. The van der Waals surface area contributed by atoms with Crippen LogP contribution in [0.25, 0.3) is 0 Å². The summed E-state index contributed by atoms with van der Waals surface area (Å²) in [6, 6.07) is 6.10. The number of morpholine rings is 1. The fourth-order valence-electron chi connectivity index (χ4n) is 2.54. The summed E-state index contributed by atoms with van der Waals surface area (Å²) >= 11 is 6.18. The lowest BCUT2D eigenvalue weighted by Crippen LogP contribution is -2.52. The van der Waals surface area contributed by atoms with E-state index < -0.39 is 24.0 Å². The number of rotatable bonds is 5. The Balaban J connectivity index is 1.70. The second kappa shape index (κ2) is 8.14. The van der Waals surface area contributed by atoms with Gasteiger partial charge in [0.1, 0.15) is 6.61 Å². The molecule has 2 aromatic rings. The third kappa shape index (κ3) is 4.23. The predicted molar refractivity (Wildman–Crippen MR) is 91.6 cm³/mol. The van der Waals surface area contributed by atoms with Gasteiger partial charge in [-0.05, 0) is 11.6 Å². The molecule has 11 heteroatoms. The zero-order chi connectivity index (χ0) is 19.4. The zero-order valence-corrected chi connectivity index (χ0v) is 14.9. The number of amides is 3. The van der Waals surface area contributed by atoms with E-state index in [2.05, 4.69) is 26.1 Å². The molecule has 0 radical (unpaired) electrons. The molecule has 142 valence electrons. The van der Waals surface area contributed by atoms with Crippen molar-refractivity contribution in [1.29, 1.82) is 0 Å². The van der Waals surface area contributed by atoms with Gasteiger partial charge in [-0.25, -0.2) is 0 Å². The summed E-state index contributed by atoms with van der Waals surface area (Å²) in [4.78, 5) is 39.6. The third-order valence-electron chi connectivity index (χ3n) is 3.82. The van der Waals surface area contributed by atoms with Crippen LogP contribution in [0.2, 0.25) is 5.02 Å². The number of hydrogen-bond donors (Lipinski definition) is 3. The molecule has 1 aliphatic heterocycles. The number of carbonyl (C=O) groups is 3. The van der Waals surface area contributed by atoms with Crippen molar-refractivity contribution in [1.82, 2.24) is 26.1 Å². The van der Waals surface area contributed by atoms with Crippen molar-refractivity contribution in [2.45, 2.75) is 18.7 Å². The highest BCUT2D eigenvalue weighted by Crippen LogP contribution is 2.28. The van der Waals surface area contributed by atoms with Crippen molar-refractivity contribution in [3.63, 3.8) is 0 Å². The van der Waals surface area contributed by atoms with Crippen molar-refractivity contribution >= 4 is 29.3 Å². The molecule has 2 heterocycles. The molecular weight excluding hydrogens is 378 g/mol. The maximum atomic E-state index is 12.6. The summed E-state index contributed by atoms with van der Waals surface area (Å²) in [6.45, 7) is -0.355. The van der Waals surface area contributed by atoms with Crippen molar-refractivity contribution in [3.8, 4) is 0 Å². The molecule has 27 heavy (non-hydrogen) atoms. The highest BCUT2D eigenvalue weighted by molar-refractivity contribution is 6.31. The number of nitrogens with zero attached hydrogens (tertiary/aromatic N) is 2. The van der Waals surface area contributed by atoms with Gasteiger partial charge in [0.15, 0.2) is 6.10 Å². The Kier molecular flexibility index (Phi) is 5.67. The van der Waals surface area contributed by atoms with E-state index in [1.807, 2.05) is 0 Å². The SMILES string of the molecule is CNC(=O)c1noc(CNC(=O)[C@H]2OCC(=O)N[C@@H]2c2ccccc2Cl)n1. The molecule has 2 atom stereocenters. The Labute approximate surface area is 158 Å². The van der Waals surface area contributed by atoms with E-state index in [-0.39, 0.29) is 30.8 Å². The summed E-state index contributed by atoms with van der Waals surface area (Å²) in [5.74, 6) is -1.45. The largest absolute Gasteiger partial charge is 0.356 e. The highest BCUT2D eigenvalue weighted by Gasteiger charge is 2.37. The smallest absolute Gasteiger partial charge is 0.292 e. The first kappa shape index (κ1) is 18.8. The first-order valence-corrected chi connectivity index (χ1v) is 8.35. The number of aromatic nitrogens is 2. The molecule has 0 saturated carbocycles. The molecule has 1 aliphatic rings. The van der Waals surface area contributed by atoms with E-state index in [1.54, 1.807) is 24.3 Å². The summed E-state index contributed by atoms with van der Waals surface area (Å²) in [7, 11) is 1.43. The minimum atomic E-state index is -0.996. The van der Waals surface area contributed by atoms with Crippen LogP contribution in [0.1, 0.15) is 28.1 Å². The number of ether oxygens (including phenoxy) is 1. The van der Waals surface area contributed by atoms with Crippen LogP contribution < -0.4 is 16.0 Å². The lowest BCUT2D eigenvalue weighted by molar-refractivity contribution is -0.148. The van der Waals surface area contributed by atoms with Gasteiger partial charge < -0.3 is 25.2 Å². The maximum Gasteiger partial charge on any atom is 0.292 e. The van der Waals surface area contributed by atoms with Crippen molar-refractivity contribution < 1.29 is 23.6 Å². The Morgan fingerprint density at radius 3 is 2.89 bits per heavy atom. The van der Waals surface area contributed by atoms with Crippen LogP contribution in [-0.4, -0.2) is 47.6 Å². The van der Waals surface area contributed by atoms with Crippen molar-refractivity contribution in [3.05, 3.63) is 46.6 Å². The molecule has 3 rings (SSSR count). The monoisotopic (exact) mass is 393 g/mol. The predicted octanol–water partition coefficient (Wildman–Crippen LogP) is -0.0449. The van der Waals surface area contributed by atoms with Gasteiger partial charge in [-0.1, -0.05) is 35.0 Å². The van der Waals surface area contributed by atoms with Gasteiger partial charge in [-0.15, -0.1) is 0 Å². The van der Waals surface area contributed by atoms with Crippen LogP contribution in [0.5, 0.6) is 0 Å². The fraction of sp³-hybridized carbons (Fsp3) is 0.312. The van der Waals surface area contributed by atoms with Gasteiger partial charge in [0.05, 0.1) is 12.6 Å². The van der Waals surface area contributed by atoms with E-state index in [0.717, 1.165) is 0 Å². The summed E-state index contributed by atoms with van der Waals surface area (Å²) < 4.78 is 10.3. The number of carbonyl (C=O) groups excluding carboxylic acids is 3. The van der Waals surface area contributed by atoms with Crippen LogP contribution in [0.4, 0.5) is 0 Å². The van der Waals surface area contributed by atoms with E-state index in [1.165, 1.54) is 7.05 Å². The molecule has 3 amide bonds. The summed E-state index contributed by atoms with van der Waals surface area (Å²) in [5.41, 5.74) is 0.562. The third-order valence-corrected chi connectivity index (χ3v) is 4.17. The highest BCUT2D eigenvalue weighted by atomic mass is 35.5. The second-order valence-electron chi connectivity index (χ2n) is 5.61. The molecule has 0 unspecified atom stereocenters. The molecule has 3 N–H and O–H groups in total. The molecule has 0 bridgehead atoms. The Morgan fingerprint density at radius 1 is 1.37 bits per heavy atom. The molecule has 1 aromatic carbocycles. The summed E-state index contributed by atoms with van der Waals surface area (Å²) in [5, 5.41) is 11.6. The molecular formula is C16H16ClN5O5. The number of hydrogen-bond acceptors (Lipinski definition) is 7. The van der Waals surface area contributed by atoms with Gasteiger partial charge in [0.25, 0.3) is 17.6 Å². The van der Waals surface area contributed by atoms with Crippen molar-refractivity contribution in [2.75, 3.05) is 13.7 Å². The Morgan fingerprint density at radius 2 is 2.15 bits per heavy atom. The molecule has 1 fully saturated rings. The maximum absolute atomic E-state index is 12.6. The van der Waals surface area contributed by atoms with Crippen LogP contribution in [0.15, 0.2) is 28.8 Å². The standard InChI is InChI=1S/C16H16ClN5O5/c1-18-16(25)14-21-11(27-22-14)6-19-15(24)13-12(20-10(23)7-26-13)8-4-2-3-5-9(8)17/h2-5,12-13H,6-7H2,1H3,(H,18,25)(H,19,24)(H,20,23)/t12-,13+/m1/s1. The van der Waals surface area contributed by atoms with Crippen molar-refractivity contribution in [2.24, 2.45) is 0 Å². The minimum absolute atomic E-state index is 0.0519. The first-order valence-electron chi connectivity index (χ1n) is 7.97. The normalized spacial score (nSPS) is 19.3. The van der Waals surface area contributed by atoms with E-state index in [9.17, 15) is 14.4 Å².